The van der Waals surface area contributed by atoms with Crippen molar-refractivity contribution in [3.63, 3.8) is 0 Å². The molecule has 0 aliphatic heterocycles. The highest BCUT2D eigenvalue weighted by atomic mass is 35.5. The molecular formula is C20H27ClN2O. The molecule has 1 aromatic carbocycles. The number of benzene rings is 1. The summed E-state index contributed by atoms with van der Waals surface area (Å²) in [5.41, 5.74) is 5.38. The summed E-state index contributed by atoms with van der Waals surface area (Å²) in [5, 5.41) is 4.14. The Kier molecular flexibility index (Phi) is 6.25. The number of hydrogen-bond acceptors (Lipinski definition) is 3. The van der Waals surface area contributed by atoms with Gasteiger partial charge in [-0.15, -0.1) is 0 Å². The topological polar surface area (TPSA) is 34.2 Å². The first-order chi connectivity index (χ1) is 11.3. The van der Waals surface area contributed by atoms with Crippen LogP contribution in [0.3, 0.4) is 0 Å². The fraction of sp³-hybridized carbons (Fsp3) is 0.450. The third kappa shape index (κ3) is 4.28. The maximum atomic E-state index is 6.21. The predicted molar refractivity (Wildman–Crippen MR) is 102 cm³/mol. The Balaban J connectivity index is 2.40. The third-order valence-corrected chi connectivity index (χ3v) is 4.47. The summed E-state index contributed by atoms with van der Waals surface area (Å²) in [5.74, 6) is 1.93. The van der Waals surface area contributed by atoms with E-state index in [2.05, 4.69) is 37.1 Å². The Morgan fingerprint density at radius 3 is 2.33 bits per heavy atom. The Morgan fingerprint density at radius 2 is 1.75 bits per heavy atom. The molecule has 0 spiro atoms. The summed E-state index contributed by atoms with van der Waals surface area (Å²) >= 11 is 6.12. The molecule has 2 aromatic rings. The summed E-state index contributed by atoms with van der Waals surface area (Å²) in [4.78, 5) is 4.62. The molecule has 1 unspecified atom stereocenters. The minimum absolute atomic E-state index is 0.404. The molecule has 1 N–H and O–H groups in total. The number of ether oxygens (including phenoxy) is 1. The average Bonchev–Trinajstić information content (AvgIpc) is 2.51. The monoisotopic (exact) mass is 346 g/mol. The first-order valence-electron chi connectivity index (χ1n) is 8.46. The first kappa shape index (κ1) is 18.8. The third-order valence-electron chi connectivity index (χ3n) is 4.25. The van der Waals surface area contributed by atoms with Gasteiger partial charge in [-0.05, 0) is 75.0 Å². The van der Waals surface area contributed by atoms with Gasteiger partial charge < -0.3 is 10.1 Å². The maximum Gasteiger partial charge on any atom is 0.222 e. The molecule has 0 saturated heterocycles. The molecule has 2 rings (SSSR count). The van der Waals surface area contributed by atoms with Crippen LogP contribution in [0.4, 0.5) is 0 Å². The van der Waals surface area contributed by atoms with Gasteiger partial charge in [-0.1, -0.05) is 25.4 Å². The van der Waals surface area contributed by atoms with E-state index in [-0.39, 0.29) is 0 Å². The lowest BCUT2D eigenvalue weighted by Crippen LogP contribution is -2.20. The van der Waals surface area contributed by atoms with Gasteiger partial charge in [0.25, 0.3) is 0 Å². The highest BCUT2D eigenvalue weighted by Crippen LogP contribution is 2.34. The van der Waals surface area contributed by atoms with Gasteiger partial charge >= 0.3 is 0 Å². The molecule has 1 aromatic heterocycles. The summed E-state index contributed by atoms with van der Waals surface area (Å²) in [6, 6.07) is 6.00. The van der Waals surface area contributed by atoms with Gasteiger partial charge in [-0.25, -0.2) is 4.98 Å². The molecule has 130 valence electrons. The zero-order valence-electron chi connectivity index (χ0n) is 15.5. The van der Waals surface area contributed by atoms with Crippen molar-refractivity contribution in [3.8, 4) is 11.6 Å². The molecule has 0 radical (unpaired) electrons. The van der Waals surface area contributed by atoms with Crippen molar-refractivity contribution in [1.82, 2.24) is 10.3 Å². The standard InChI is InChI=1S/C20H27ClN2O/c1-7-22-11-14(4)18-10-15(5)23-20(16(18)6)24-19-12(2)8-17(21)9-13(19)3/h8-10,14,22H,7,11H2,1-6H3. The number of halogens is 1. The SMILES string of the molecule is CCNCC(C)c1cc(C)nc(Oc2c(C)cc(Cl)cc2C)c1C. The predicted octanol–water partition coefficient (Wildman–Crippen LogP) is 5.47. The Morgan fingerprint density at radius 1 is 1.12 bits per heavy atom. The quantitative estimate of drug-likeness (QED) is 0.752. The summed E-state index contributed by atoms with van der Waals surface area (Å²) in [7, 11) is 0. The summed E-state index contributed by atoms with van der Waals surface area (Å²) < 4.78 is 6.21. The van der Waals surface area contributed by atoms with Crippen LogP contribution in [-0.2, 0) is 0 Å². The van der Waals surface area contributed by atoms with Crippen LogP contribution in [0, 0.1) is 27.7 Å². The zero-order chi connectivity index (χ0) is 17.9. The minimum atomic E-state index is 0.404. The molecule has 1 atom stereocenters. The van der Waals surface area contributed by atoms with Gasteiger partial charge in [-0.3, -0.25) is 0 Å². The number of likely N-dealkylation sites (N-methyl/N-ethyl adjacent to an activating group) is 1. The summed E-state index contributed by atoms with van der Waals surface area (Å²) in [6.45, 7) is 14.4. The number of pyridine rings is 1. The fourth-order valence-corrected chi connectivity index (χ4v) is 3.30. The molecule has 4 heteroatoms. The molecular weight excluding hydrogens is 320 g/mol. The largest absolute Gasteiger partial charge is 0.438 e. The first-order valence-corrected chi connectivity index (χ1v) is 8.84. The van der Waals surface area contributed by atoms with E-state index in [0.29, 0.717) is 11.8 Å². The van der Waals surface area contributed by atoms with Gasteiger partial charge in [0, 0.05) is 22.8 Å². The van der Waals surface area contributed by atoms with Crippen molar-refractivity contribution in [2.75, 3.05) is 13.1 Å². The Labute approximate surface area is 150 Å². The van der Waals surface area contributed by atoms with Crippen LogP contribution in [0.25, 0.3) is 0 Å². The lowest BCUT2D eigenvalue weighted by Gasteiger charge is -2.19. The second kappa shape index (κ2) is 8.00. The molecule has 0 aliphatic carbocycles. The van der Waals surface area contributed by atoms with Crippen LogP contribution in [0.1, 0.15) is 47.7 Å². The van der Waals surface area contributed by atoms with Crippen molar-refractivity contribution < 1.29 is 4.74 Å². The van der Waals surface area contributed by atoms with Gasteiger partial charge in [0.05, 0.1) is 0 Å². The van der Waals surface area contributed by atoms with E-state index in [1.165, 1.54) is 5.56 Å². The second-order valence-corrected chi connectivity index (χ2v) is 6.90. The average molecular weight is 347 g/mol. The van der Waals surface area contributed by atoms with Crippen LogP contribution in [0.2, 0.25) is 5.02 Å². The normalized spacial score (nSPS) is 12.3. The van der Waals surface area contributed by atoms with Crippen LogP contribution >= 0.6 is 11.6 Å². The van der Waals surface area contributed by atoms with E-state index >= 15 is 0 Å². The lowest BCUT2D eigenvalue weighted by atomic mass is 9.96. The van der Waals surface area contributed by atoms with Gasteiger partial charge in [0.1, 0.15) is 5.75 Å². The van der Waals surface area contributed by atoms with E-state index in [0.717, 1.165) is 46.2 Å². The van der Waals surface area contributed by atoms with Crippen LogP contribution < -0.4 is 10.1 Å². The van der Waals surface area contributed by atoms with E-state index in [4.69, 9.17) is 16.3 Å². The van der Waals surface area contributed by atoms with Gasteiger partial charge in [0.2, 0.25) is 5.88 Å². The number of aryl methyl sites for hydroxylation is 3. The van der Waals surface area contributed by atoms with Crippen molar-refractivity contribution in [3.05, 3.63) is 51.2 Å². The van der Waals surface area contributed by atoms with E-state index in [1.54, 1.807) is 0 Å². The number of rotatable bonds is 6. The Hall–Kier alpha value is -1.58. The number of hydrogen-bond donors (Lipinski definition) is 1. The second-order valence-electron chi connectivity index (χ2n) is 6.46. The maximum absolute atomic E-state index is 6.21. The fourth-order valence-electron chi connectivity index (χ4n) is 2.97. The minimum Gasteiger partial charge on any atom is -0.438 e. The number of nitrogens with one attached hydrogen (secondary N) is 1. The molecule has 24 heavy (non-hydrogen) atoms. The Bertz CT molecular complexity index is 705. The number of aromatic nitrogens is 1. The molecule has 0 bridgehead atoms. The van der Waals surface area contributed by atoms with Gasteiger partial charge in [0.15, 0.2) is 0 Å². The van der Waals surface area contributed by atoms with Crippen LogP contribution in [-0.4, -0.2) is 18.1 Å². The highest BCUT2D eigenvalue weighted by Gasteiger charge is 2.16. The molecule has 0 fully saturated rings. The van der Waals surface area contributed by atoms with Crippen LogP contribution in [0.5, 0.6) is 11.6 Å². The van der Waals surface area contributed by atoms with Crippen molar-refractivity contribution in [2.24, 2.45) is 0 Å². The van der Waals surface area contributed by atoms with E-state index < -0.39 is 0 Å². The molecule has 0 amide bonds. The van der Waals surface area contributed by atoms with Crippen LogP contribution in [0.15, 0.2) is 18.2 Å². The highest BCUT2D eigenvalue weighted by molar-refractivity contribution is 6.30. The van der Waals surface area contributed by atoms with Gasteiger partial charge in [-0.2, -0.15) is 0 Å². The van der Waals surface area contributed by atoms with E-state index in [9.17, 15) is 0 Å². The zero-order valence-corrected chi connectivity index (χ0v) is 16.2. The van der Waals surface area contributed by atoms with Crippen molar-refractivity contribution in [2.45, 2.75) is 47.5 Å². The summed E-state index contributed by atoms with van der Waals surface area (Å²) in [6.07, 6.45) is 0. The molecule has 0 saturated carbocycles. The molecule has 1 heterocycles. The number of nitrogens with zero attached hydrogens (tertiary/aromatic N) is 1. The van der Waals surface area contributed by atoms with Crippen molar-refractivity contribution >= 4 is 11.6 Å². The van der Waals surface area contributed by atoms with E-state index in [1.807, 2.05) is 32.9 Å². The lowest BCUT2D eigenvalue weighted by molar-refractivity contribution is 0.448. The smallest absolute Gasteiger partial charge is 0.222 e. The van der Waals surface area contributed by atoms with Crippen molar-refractivity contribution in [1.29, 1.82) is 0 Å². The molecule has 0 aliphatic rings. The molecule has 3 nitrogen and oxygen atoms in total.